The van der Waals surface area contributed by atoms with Crippen molar-refractivity contribution in [3.8, 4) is 0 Å². The lowest BCUT2D eigenvalue weighted by Crippen LogP contribution is -2.05. The van der Waals surface area contributed by atoms with Gasteiger partial charge in [-0.05, 0) is 31.7 Å². The van der Waals surface area contributed by atoms with Gasteiger partial charge < -0.3 is 5.32 Å². The number of aromatic nitrogens is 1. The fourth-order valence-electron chi connectivity index (χ4n) is 1.43. The number of hydrogen-bond donors (Lipinski definition) is 1. The number of nitrogens with one attached hydrogen (secondary N) is 1. The minimum Gasteiger partial charge on any atom is -0.316 e. The van der Waals surface area contributed by atoms with E-state index in [-0.39, 0.29) is 0 Å². The zero-order chi connectivity index (χ0) is 12.3. The standard InChI is InChI=1S/C12H13BrN2S2/c1-8-7-16-12(15-8)17-11-5-10(13)4-3-9(11)6-14-2/h3-5,7,14H,6H2,1-2H3. The van der Waals surface area contributed by atoms with Crippen molar-refractivity contribution >= 4 is 39.0 Å². The zero-order valence-corrected chi connectivity index (χ0v) is 12.9. The first-order valence-electron chi connectivity index (χ1n) is 5.22. The molecule has 0 aliphatic heterocycles. The molecule has 2 aromatic rings. The van der Waals surface area contributed by atoms with Gasteiger partial charge in [0.25, 0.3) is 0 Å². The third kappa shape index (κ3) is 3.55. The Balaban J connectivity index is 2.26. The third-order valence-electron chi connectivity index (χ3n) is 2.19. The fraction of sp³-hybridized carbons (Fsp3) is 0.250. The molecule has 0 fully saturated rings. The number of aryl methyl sites for hydroxylation is 1. The van der Waals surface area contributed by atoms with Gasteiger partial charge in [-0.1, -0.05) is 33.8 Å². The number of benzene rings is 1. The average molecular weight is 329 g/mol. The van der Waals surface area contributed by atoms with Gasteiger partial charge in [-0.3, -0.25) is 0 Å². The summed E-state index contributed by atoms with van der Waals surface area (Å²) in [5.41, 5.74) is 2.39. The Morgan fingerprint density at radius 1 is 1.47 bits per heavy atom. The molecule has 0 saturated heterocycles. The molecule has 1 N–H and O–H groups in total. The smallest absolute Gasteiger partial charge is 0.154 e. The molecule has 1 heterocycles. The highest BCUT2D eigenvalue weighted by atomic mass is 79.9. The highest BCUT2D eigenvalue weighted by Crippen LogP contribution is 2.34. The van der Waals surface area contributed by atoms with Crippen LogP contribution in [-0.4, -0.2) is 12.0 Å². The van der Waals surface area contributed by atoms with Crippen molar-refractivity contribution in [1.82, 2.24) is 10.3 Å². The summed E-state index contributed by atoms with van der Waals surface area (Å²) in [4.78, 5) is 5.74. The van der Waals surface area contributed by atoms with E-state index in [4.69, 9.17) is 0 Å². The van der Waals surface area contributed by atoms with Crippen LogP contribution in [0.5, 0.6) is 0 Å². The van der Waals surface area contributed by atoms with Crippen LogP contribution in [0.25, 0.3) is 0 Å². The van der Waals surface area contributed by atoms with Gasteiger partial charge in [-0.2, -0.15) is 0 Å². The molecule has 0 bridgehead atoms. The molecule has 0 spiro atoms. The number of rotatable bonds is 4. The molecule has 0 amide bonds. The summed E-state index contributed by atoms with van der Waals surface area (Å²) in [5.74, 6) is 0. The van der Waals surface area contributed by atoms with Crippen molar-refractivity contribution in [1.29, 1.82) is 0 Å². The first-order chi connectivity index (χ1) is 8.19. The quantitative estimate of drug-likeness (QED) is 0.915. The second kappa shape index (κ2) is 6.00. The number of halogens is 1. The van der Waals surface area contributed by atoms with Crippen molar-refractivity contribution in [3.05, 3.63) is 39.3 Å². The zero-order valence-electron chi connectivity index (χ0n) is 9.66. The van der Waals surface area contributed by atoms with Crippen LogP contribution < -0.4 is 5.32 Å². The summed E-state index contributed by atoms with van der Waals surface area (Å²) >= 11 is 6.93. The van der Waals surface area contributed by atoms with Gasteiger partial charge in [0.2, 0.25) is 0 Å². The number of hydrogen-bond acceptors (Lipinski definition) is 4. The van der Waals surface area contributed by atoms with Crippen LogP contribution in [0.4, 0.5) is 0 Å². The van der Waals surface area contributed by atoms with E-state index in [2.05, 4.69) is 49.8 Å². The number of nitrogens with zero attached hydrogens (tertiary/aromatic N) is 1. The molecule has 0 saturated carbocycles. The van der Waals surface area contributed by atoms with E-state index in [1.165, 1.54) is 10.5 Å². The Labute approximate surface area is 118 Å². The normalized spacial score (nSPS) is 10.8. The Hall–Kier alpha value is -0.360. The van der Waals surface area contributed by atoms with Gasteiger partial charge in [0.1, 0.15) is 0 Å². The molecule has 1 aromatic heterocycles. The van der Waals surface area contributed by atoms with Gasteiger partial charge >= 0.3 is 0 Å². The van der Waals surface area contributed by atoms with Crippen LogP contribution in [0.2, 0.25) is 0 Å². The van der Waals surface area contributed by atoms with Gasteiger partial charge in [0.15, 0.2) is 4.34 Å². The summed E-state index contributed by atoms with van der Waals surface area (Å²) in [6.07, 6.45) is 0. The van der Waals surface area contributed by atoms with Crippen molar-refractivity contribution in [2.75, 3.05) is 7.05 Å². The molecular formula is C12H13BrN2S2. The van der Waals surface area contributed by atoms with Gasteiger partial charge in [0.05, 0.1) is 0 Å². The van der Waals surface area contributed by atoms with Crippen molar-refractivity contribution < 1.29 is 0 Å². The summed E-state index contributed by atoms with van der Waals surface area (Å²) in [6, 6.07) is 6.36. The van der Waals surface area contributed by atoms with Crippen molar-refractivity contribution in [2.45, 2.75) is 22.7 Å². The summed E-state index contributed by atoms with van der Waals surface area (Å²) < 4.78 is 2.20. The van der Waals surface area contributed by atoms with E-state index in [0.717, 1.165) is 21.1 Å². The minimum absolute atomic E-state index is 0.875. The predicted octanol–water partition coefficient (Wildman–Crippen LogP) is 4.08. The molecule has 90 valence electrons. The highest BCUT2D eigenvalue weighted by Gasteiger charge is 2.07. The van der Waals surface area contributed by atoms with Crippen LogP contribution >= 0.6 is 39.0 Å². The van der Waals surface area contributed by atoms with Crippen LogP contribution in [0.1, 0.15) is 11.3 Å². The summed E-state index contributed by atoms with van der Waals surface area (Å²) in [5, 5.41) is 5.27. The second-order valence-electron chi connectivity index (χ2n) is 3.64. The maximum atomic E-state index is 4.48. The highest BCUT2D eigenvalue weighted by molar-refractivity contribution is 9.10. The Morgan fingerprint density at radius 2 is 2.29 bits per heavy atom. The monoisotopic (exact) mass is 328 g/mol. The molecule has 0 aliphatic rings. The van der Waals surface area contributed by atoms with Crippen molar-refractivity contribution in [2.24, 2.45) is 0 Å². The molecule has 0 atom stereocenters. The molecule has 0 radical (unpaired) electrons. The largest absolute Gasteiger partial charge is 0.316 e. The van der Waals surface area contributed by atoms with Crippen LogP contribution in [0.15, 0.2) is 37.3 Å². The average Bonchev–Trinajstić information content (AvgIpc) is 2.68. The van der Waals surface area contributed by atoms with E-state index < -0.39 is 0 Å². The molecule has 2 rings (SSSR count). The van der Waals surface area contributed by atoms with Crippen LogP contribution in [0, 0.1) is 6.92 Å². The predicted molar refractivity (Wildman–Crippen MR) is 77.9 cm³/mol. The van der Waals surface area contributed by atoms with Gasteiger partial charge in [-0.25, -0.2) is 4.98 Å². The van der Waals surface area contributed by atoms with E-state index in [1.54, 1.807) is 23.1 Å². The molecular weight excluding hydrogens is 316 g/mol. The maximum absolute atomic E-state index is 4.48. The Kier molecular flexibility index (Phi) is 4.62. The first kappa shape index (κ1) is 13.1. The van der Waals surface area contributed by atoms with E-state index >= 15 is 0 Å². The molecule has 17 heavy (non-hydrogen) atoms. The van der Waals surface area contributed by atoms with E-state index in [1.807, 2.05) is 14.0 Å². The lowest BCUT2D eigenvalue weighted by atomic mass is 10.2. The van der Waals surface area contributed by atoms with Crippen LogP contribution in [-0.2, 0) is 6.54 Å². The lowest BCUT2D eigenvalue weighted by Gasteiger charge is -2.07. The van der Waals surface area contributed by atoms with Crippen molar-refractivity contribution in [3.63, 3.8) is 0 Å². The third-order valence-corrected chi connectivity index (χ3v) is 4.84. The molecule has 1 aromatic carbocycles. The van der Waals surface area contributed by atoms with Crippen LogP contribution in [0.3, 0.4) is 0 Å². The number of thiazole rings is 1. The molecule has 2 nitrogen and oxygen atoms in total. The maximum Gasteiger partial charge on any atom is 0.154 e. The SMILES string of the molecule is CNCc1ccc(Br)cc1Sc1nc(C)cs1. The Morgan fingerprint density at radius 3 is 2.94 bits per heavy atom. The first-order valence-corrected chi connectivity index (χ1v) is 7.71. The topological polar surface area (TPSA) is 24.9 Å². The molecule has 0 unspecified atom stereocenters. The minimum atomic E-state index is 0.875. The van der Waals surface area contributed by atoms with E-state index in [9.17, 15) is 0 Å². The van der Waals surface area contributed by atoms with E-state index in [0.29, 0.717) is 0 Å². The molecule has 0 aliphatic carbocycles. The van der Waals surface area contributed by atoms with Gasteiger partial charge in [-0.15, -0.1) is 11.3 Å². The lowest BCUT2D eigenvalue weighted by molar-refractivity contribution is 0.803. The second-order valence-corrected chi connectivity index (χ2v) is 6.70. The van der Waals surface area contributed by atoms with Gasteiger partial charge in [0, 0.05) is 27.0 Å². The fourth-order valence-corrected chi connectivity index (χ4v) is 3.91. The Bertz CT molecular complexity index is 511. The molecule has 5 heteroatoms. The summed E-state index contributed by atoms with van der Waals surface area (Å²) in [6.45, 7) is 2.90. The summed E-state index contributed by atoms with van der Waals surface area (Å²) in [7, 11) is 1.96.